The van der Waals surface area contributed by atoms with E-state index in [1.54, 1.807) is 6.20 Å². The highest BCUT2D eigenvalue weighted by Gasteiger charge is 2.03. The Morgan fingerprint density at radius 1 is 1.24 bits per heavy atom. The van der Waals surface area contributed by atoms with Gasteiger partial charge >= 0.3 is 0 Å². The highest BCUT2D eigenvalue weighted by Crippen LogP contribution is 2.19. The quantitative estimate of drug-likeness (QED) is 0.852. The van der Waals surface area contributed by atoms with Crippen molar-refractivity contribution < 1.29 is 0 Å². The summed E-state index contributed by atoms with van der Waals surface area (Å²) >= 11 is 0. The summed E-state index contributed by atoms with van der Waals surface area (Å²) in [6.45, 7) is 5.47. The molecular formula is C14H19N3. The summed E-state index contributed by atoms with van der Waals surface area (Å²) < 4.78 is 1.89. The molecule has 1 heterocycles. The summed E-state index contributed by atoms with van der Waals surface area (Å²) in [5, 5.41) is 7.74. The first-order valence-corrected chi connectivity index (χ1v) is 6.10. The second kappa shape index (κ2) is 5.53. The standard InChI is InChI=1S/C14H19N3/c1-12(2)8-10-15-13-6-3-4-7-14(13)17-11-5-9-16-17/h3-7,9,11-12,15H,8,10H2,1-2H3. The molecular weight excluding hydrogens is 210 g/mol. The van der Waals surface area contributed by atoms with Crippen LogP contribution in [0, 0.1) is 5.92 Å². The topological polar surface area (TPSA) is 29.9 Å². The highest BCUT2D eigenvalue weighted by molar-refractivity contribution is 5.60. The molecule has 3 heteroatoms. The first-order valence-electron chi connectivity index (χ1n) is 6.10. The zero-order chi connectivity index (χ0) is 12.1. The van der Waals surface area contributed by atoms with E-state index in [4.69, 9.17) is 0 Å². The number of anilines is 1. The molecule has 1 aromatic heterocycles. The van der Waals surface area contributed by atoms with Crippen molar-refractivity contribution in [1.82, 2.24) is 9.78 Å². The number of nitrogens with zero attached hydrogens (tertiary/aromatic N) is 2. The highest BCUT2D eigenvalue weighted by atomic mass is 15.3. The first-order chi connectivity index (χ1) is 8.27. The van der Waals surface area contributed by atoms with E-state index in [9.17, 15) is 0 Å². The molecule has 0 aliphatic carbocycles. The maximum absolute atomic E-state index is 4.27. The van der Waals surface area contributed by atoms with Gasteiger partial charge in [-0.3, -0.25) is 0 Å². The minimum Gasteiger partial charge on any atom is -0.383 e. The number of nitrogens with one attached hydrogen (secondary N) is 1. The van der Waals surface area contributed by atoms with Gasteiger partial charge < -0.3 is 5.32 Å². The molecule has 2 rings (SSSR count). The zero-order valence-electron chi connectivity index (χ0n) is 10.4. The fourth-order valence-electron chi connectivity index (χ4n) is 1.73. The van der Waals surface area contributed by atoms with Gasteiger partial charge in [0.15, 0.2) is 0 Å². The predicted octanol–water partition coefficient (Wildman–Crippen LogP) is 3.33. The van der Waals surface area contributed by atoms with E-state index in [0.717, 1.165) is 23.8 Å². The van der Waals surface area contributed by atoms with Gasteiger partial charge in [0.1, 0.15) is 0 Å². The minimum absolute atomic E-state index is 0.722. The Balaban J connectivity index is 2.11. The van der Waals surface area contributed by atoms with Crippen LogP contribution in [0.5, 0.6) is 0 Å². The molecule has 0 saturated heterocycles. The van der Waals surface area contributed by atoms with Crippen LogP contribution in [0.1, 0.15) is 20.3 Å². The Morgan fingerprint density at radius 3 is 2.76 bits per heavy atom. The van der Waals surface area contributed by atoms with Crippen molar-refractivity contribution in [2.75, 3.05) is 11.9 Å². The minimum atomic E-state index is 0.722. The van der Waals surface area contributed by atoms with Gasteiger partial charge in [0.2, 0.25) is 0 Å². The lowest BCUT2D eigenvalue weighted by Crippen LogP contribution is -2.08. The molecule has 0 atom stereocenters. The molecule has 0 aliphatic rings. The summed E-state index contributed by atoms with van der Waals surface area (Å²) in [5.74, 6) is 0.722. The first kappa shape index (κ1) is 11.7. The van der Waals surface area contributed by atoms with Crippen molar-refractivity contribution in [3.05, 3.63) is 42.7 Å². The smallest absolute Gasteiger partial charge is 0.0876 e. The normalized spacial score (nSPS) is 10.8. The molecule has 0 aliphatic heterocycles. The summed E-state index contributed by atoms with van der Waals surface area (Å²) in [5.41, 5.74) is 2.23. The van der Waals surface area contributed by atoms with Crippen LogP contribution in [0.4, 0.5) is 5.69 Å². The number of benzene rings is 1. The van der Waals surface area contributed by atoms with Crippen molar-refractivity contribution in [2.24, 2.45) is 5.92 Å². The van der Waals surface area contributed by atoms with Gasteiger partial charge in [-0.2, -0.15) is 5.10 Å². The number of para-hydroxylation sites is 2. The average molecular weight is 229 g/mol. The number of aromatic nitrogens is 2. The molecule has 1 aromatic carbocycles. The van der Waals surface area contributed by atoms with Crippen LogP contribution >= 0.6 is 0 Å². The van der Waals surface area contributed by atoms with Gasteiger partial charge in [-0.15, -0.1) is 0 Å². The maximum atomic E-state index is 4.27. The van der Waals surface area contributed by atoms with Gasteiger partial charge in [-0.25, -0.2) is 4.68 Å². The van der Waals surface area contributed by atoms with E-state index in [2.05, 4.69) is 36.4 Å². The van der Waals surface area contributed by atoms with Crippen LogP contribution in [0.15, 0.2) is 42.7 Å². The molecule has 0 unspecified atom stereocenters. The average Bonchev–Trinajstić information content (AvgIpc) is 2.82. The van der Waals surface area contributed by atoms with Crippen LogP contribution in [-0.4, -0.2) is 16.3 Å². The summed E-state index contributed by atoms with van der Waals surface area (Å²) in [6.07, 6.45) is 4.93. The fourth-order valence-corrected chi connectivity index (χ4v) is 1.73. The molecule has 0 bridgehead atoms. The van der Waals surface area contributed by atoms with E-state index in [-0.39, 0.29) is 0 Å². The Kier molecular flexibility index (Phi) is 3.81. The van der Waals surface area contributed by atoms with Crippen molar-refractivity contribution in [2.45, 2.75) is 20.3 Å². The van der Waals surface area contributed by atoms with Crippen molar-refractivity contribution in [3.8, 4) is 5.69 Å². The van der Waals surface area contributed by atoms with Crippen LogP contribution in [-0.2, 0) is 0 Å². The van der Waals surface area contributed by atoms with E-state index < -0.39 is 0 Å². The lowest BCUT2D eigenvalue weighted by Gasteiger charge is -2.12. The third-order valence-corrected chi connectivity index (χ3v) is 2.69. The molecule has 0 amide bonds. The van der Waals surface area contributed by atoms with Gasteiger partial charge in [-0.05, 0) is 30.5 Å². The number of hydrogen-bond acceptors (Lipinski definition) is 2. The number of rotatable bonds is 5. The molecule has 0 radical (unpaired) electrons. The fraction of sp³-hybridized carbons (Fsp3) is 0.357. The molecule has 0 fully saturated rings. The van der Waals surface area contributed by atoms with Crippen LogP contribution < -0.4 is 5.32 Å². The van der Waals surface area contributed by atoms with E-state index in [1.165, 1.54) is 6.42 Å². The third kappa shape index (κ3) is 3.09. The zero-order valence-corrected chi connectivity index (χ0v) is 10.4. The van der Waals surface area contributed by atoms with E-state index in [1.807, 2.05) is 29.1 Å². The molecule has 0 spiro atoms. The molecule has 1 N–H and O–H groups in total. The SMILES string of the molecule is CC(C)CCNc1ccccc1-n1cccn1. The molecule has 90 valence electrons. The van der Waals surface area contributed by atoms with Crippen LogP contribution in [0.3, 0.4) is 0 Å². The summed E-state index contributed by atoms with van der Waals surface area (Å²) in [6, 6.07) is 10.2. The van der Waals surface area contributed by atoms with Crippen molar-refractivity contribution in [3.63, 3.8) is 0 Å². The molecule has 0 saturated carbocycles. The second-order valence-corrected chi connectivity index (χ2v) is 4.58. The third-order valence-electron chi connectivity index (χ3n) is 2.69. The van der Waals surface area contributed by atoms with Gasteiger partial charge in [0.25, 0.3) is 0 Å². The molecule has 2 aromatic rings. The van der Waals surface area contributed by atoms with E-state index >= 15 is 0 Å². The summed E-state index contributed by atoms with van der Waals surface area (Å²) in [4.78, 5) is 0. The van der Waals surface area contributed by atoms with Gasteiger partial charge in [0.05, 0.1) is 11.4 Å². The molecule has 17 heavy (non-hydrogen) atoms. The summed E-state index contributed by atoms with van der Waals surface area (Å²) in [7, 11) is 0. The lowest BCUT2D eigenvalue weighted by molar-refractivity contribution is 0.607. The Morgan fingerprint density at radius 2 is 2.06 bits per heavy atom. The van der Waals surface area contributed by atoms with Gasteiger partial charge in [0, 0.05) is 18.9 Å². The van der Waals surface area contributed by atoms with E-state index in [0.29, 0.717) is 0 Å². The van der Waals surface area contributed by atoms with Crippen molar-refractivity contribution in [1.29, 1.82) is 0 Å². The van der Waals surface area contributed by atoms with Gasteiger partial charge in [-0.1, -0.05) is 26.0 Å². The monoisotopic (exact) mass is 229 g/mol. The largest absolute Gasteiger partial charge is 0.383 e. The van der Waals surface area contributed by atoms with Crippen molar-refractivity contribution >= 4 is 5.69 Å². The molecule has 3 nitrogen and oxygen atoms in total. The second-order valence-electron chi connectivity index (χ2n) is 4.58. The van der Waals surface area contributed by atoms with Crippen LogP contribution in [0.2, 0.25) is 0 Å². The predicted molar refractivity (Wildman–Crippen MR) is 71.5 cm³/mol. The maximum Gasteiger partial charge on any atom is 0.0876 e. The Bertz CT molecular complexity index is 446. The number of hydrogen-bond donors (Lipinski definition) is 1. The van der Waals surface area contributed by atoms with Crippen LogP contribution in [0.25, 0.3) is 5.69 Å². The Labute approximate surface area is 102 Å². The Hall–Kier alpha value is -1.77. The lowest BCUT2D eigenvalue weighted by atomic mass is 10.1.